The highest BCUT2D eigenvalue weighted by Crippen LogP contribution is 2.32. The number of hydrogen-bond donors (Lipinski definition) is 1. The summed E-state index contributed by atoms with van der Waals surface area (Å²) in [5.41, 5.74) is 4.52. The lowest BCUT2D eigenvalue weighted by Gasteiger charge is -2.24. The van der Waals surface area contributed by atoms with Crippen LogP contribution in [0.25, 0.3) is 5.70 Å². The van der Waals surface area contributed by atoms with Crippen LogP contribution in [-0.2, 0) is 0 Å². The lowest BCUT2D eigenvalue weighted by atomic mass is 10.0. The second-order valence-corrected chi connectivity index (χ2v) is 6.03. The third kappa shape index (κ3) is 2.62. The average molecular weight is 323 g/mol. The number of nitrogens with zero attached hydrogens (tertiary/aromatic N) is 3. The van der Waals surface area contributed by atoms with Crippen LogP contribution in [0.1, 0.15) is 22.7 Å². The zero-order chi connectivity index (χ0) is 15.8. The van der Waals surface area contributed by atoms with Gasteiger partial charge in [-0.1, -0.05) is 53.6 Å². The summed E-state index contributed by atoms with van der Waals surface area (Å²) in [6, 6.07) is 16.3. The Labute approximate surface area is 139 Å². The summed E-state index contributed by atoms with van der Waals surface area (Å²) in [5.74, 6) is 0.739. The maximum absolute atomic E-state index is 6.01. The molecule has 23 heavy (non-hydrogen) atoms. The number of halogens is 1. The van der Waals surface area contributed by atoms with Gasteiger partial charge < -0.3 is 5.32 Å². The minimum Gasteiger partial charge on any atom is -0.324 e. The summed E-state index contributed by atoms with van der Waals surface area (Å²) in [6.45, 7) is 2.08. The van der Waals surface area contributed by atoms with Crippen molar-refractivity contribution in [2.24, 2.45) is 0 Å². The first kappa shape index (κ1) is 14.0. The van der Waals surface area contributed by atoms with Crippen LogP contribution >= 0.6 is 11.6 Å². The van der Waals surface area contributed by atoms with E-state index in [4.69, 9.17) is 11.6 Å². The van der Waals surface area contributed by atoms with Crippen LogP contribution < -0.4 is 5.32 Å². The van der Waals surface area contributed by atoms with Gasteiger partial charge in [0, 0.05) is 10.7 Å². The molecule has 2 aromatic carbocycles. The molecule has 0 unspecified atom stereocenters. The number of benzene rings is 2. The largest absolute Gasteiger partial charge is 0.324 e. The summed E-state index contributed by atoms with van der Waals surface area (Å²) >= 11 is 6.01. The molecule has 0 aliphatic carbocycles. The normalized spacial score (nSPS) is 16.4. The van der Waals surface area contributed by atoms with Gasteiger partial charge in [0.25, 0.3) is 0 Å². The summed E-state index contributed by atoms with van der Waals surface area (Å²) in [5, 5.41) is 8.42. The van der Waals surface area contributed by atoms with E-state index in [9.17, 15) is 0 Å². The van der Waals surface area contributed by atoms with Gasteiger partial charge in [0.05, 0.1) is 0 Å². The maximum atomic E-state index is 6.01. The molecule has 0 amide bonds. The van der Waals surface area contributed by atoms with Crippen LogP contribution in [0.2, 0.25) is 5.02 Å². The van der Waals surface area contributed by atoms with Crippen LogP contribution in [-0.4, -0.2) is 14.8 Å². The van der Waals surface area contributed by atoms with Gasteiger partial charge in [-0.3, -0.25) is 0 Å². The molecule has 3 aromatic rings. The molecule has 1 N–H and O–H groups in total. The summed E-state index contributed by atoms with van der Waals surface area (Å²) < 4.78 is 1.88. The molecule has 4 nitrogen and oxygen atoms in total. The Bertz CT molecular complexity index is 863. The number of allylic oxidation sites excluding steroid dienone is 1. The van der Waals surface area contributed by atoms with Crippen molar-refractivity contribution in [1.29, 1.82) is 0 Å². The van der Waals surface area contributed by atoms with Gasteiger partial charge in [-0.25, -0.2) is 4.68 Å². The maximum Gasteiger partial charge on any atom is 0.226 e. The molecule has 1 aromatic heterocycles. The molecule has 1 aliphatic rings. The molecule has 0 saturated heterocycles. The zero-order valence-corrected chi connectivity index (χ0v) is 13.3. The van der Waals surface area contributed by atoms with E-state index in [2.05, 4.69) is 52.7 Å². The fraction of sp³-hybridized carbons (Fsp3) is 0.111. The number of aromatic nitrogens is 3. The molecule has 1 aliphatic heterocycles. The topological polar surface area (TPSA) is 42.7 Å². The zero-order valence-electron chi connectivity index (χ0n) is 12.6. The smallest absolute Gasteiger partial charge is 0.226 e. The van der Waals surface area contributed by atoms with Crippen LogP contribution in [0.5, 0.6) is 0 Å². The van der Waals surface area contributed by atoms with Crippen molar-refractivity contribution >= 4 is 23.2 Å². The number of hydrogen-bond acceptors (Lipinski definition) is 3. The monoisotopic (exact) mass is 322 g/mol. The first-order chi connectivity index (χ1) is 11.2. The molecule has 4 rings (SSSR count). The van der Waals surface area contributed by atoms with E-state index < -0.39 is 0 Å². The van der Waals surface area contributed by atoms with E-state index >= 15 is 0 Å². The molecular weight excluding hydrogens is 308 g/mol. The van der Waals surface area contributed by atoms with Crippen molar-refractivity contribution in [3.05, 3.63) is 82.6 Å². The molecule has 1 atom stereocenters. The quantitative estimate of drug-likeness (QED) is 0.765. The van der Waals surface area contributed by atoms with Crippen molar-refractivity contribution in [3.63, 3.8) is 0 Å². The number of anilines is 1. The van der Waals surface area contributed by atoms with E-state index in [1.165, 1.54) is 5.56 Å². The predicted octanol–water partition coefficient (Wildman–Crippen LogP) is 4.30. The van der Waals surface area contributed by atoms with E-state index in [0.717, 1.165) is 27.8 Å². The van der Waals surface area contributed by atoms with Crippen LogP contribution in [0, 0.1) is 6.92 Å². The number of aryl methyl sites for hydroxylation is 1. The molecule has 0 saturated carbocycles. The van der Waals surface area contributed by atoms with Gasteiger partial charge in [-0.05, 0) is 36.3 Å². The van der Waals surface area contributed by atoms with Gasteiger partial charge in [0.2, 0.25) is 5.95 Å². The Morgan fingerprint density at radius 2 is 1.78 bits per heavy atom. The van der Waals surface area contributed by atoms with Crippen molar-refractivity contribution in [2.45, 2.75) is 13.0 Å². The average Bonchev–Trinajstić information content (AvgIpc) is 3.04. The third-order valence-corrected chi connectivity index (χ3v) is 4.23. The summed E-state index contributed by atoms with van der Waals surface area (Å²) in [6.07, 6.45) is 3.73. The molecule has 0 bridgehead atoms. The van der Waals surface area contributed by atoms with Crippen molar-refractivity contribution < 1.29 is 0 Å². The number of fused-ring (bicyclic) bond motifs is 1. The second-order valence-electron chi connectivity index (χ2n) is 5.60. The third-order valence-electron chi connectivity index (χ3n) is 3.98. The minimum absolute atomic E-state index is 0.0117. The van der Waals surface area contributed by atoms with Gasteiger partial charge in [-0.2, -0.15) is 10.1 Å². The number of rotatable bonds is 2. The van der Waals surface area contributed by atoms with Crippen molar-refractivity contribution in [3.8, 4) is 0 Å². The van der Waals surface area contributed by atoms with Crippen LogP contribution in [0.15, 0.2) is 60.9 Å². The predicted molar refractivity (Wildman–Crippen MR) is 92.4 cm³/mol. The highest BCUT2D eigenvalue weighted by atomic mass is 35.5. The minimum atomic E-state index is -0.0117. The number of nitrogens with one attached hydrogen (secondary N) is 1. The Morgan fingerprint density at radius 3 is 2.52 bits per heavy atom. The van der Waals surface area contributed by atoms with E-state index in [1.807, 2.05) is 28.9 Å². The molecule has 114 valence electrons. The molecule has 0 spiro atoms. The van der Waals surface area contributed by atoms with Crippen LogP contribution in [0.4, 0.5) is 5.95 Å². The van der Waals surface area contributed by atoms with Gasteiger partial charge in [0.1, 0.15) is 12.4 Å². The summed E-state index contributed by atoms with van der Waals surface area (Å²) in [7, 11) is 0. The Morgan fingerprint density at radius 1 is 1.04 bits per heavy atom. The highest BCUT2D eigenvalue weighted by molar-refractivity contribution is 6.30. The van der Waals surface area contributed by atoms with Gasteiger partial charge >= 0.3 is 0 Å². The molecule has 0 fully saturated rings. The first-order valence-electron chi connectivity index (χ1n) is 7.41. The first-order valence-corrected chi connectivity index (χ1v) is 7.79. The fourth-order valence-electron chi connectivity index (χ4n) is 2.73. The SMILES string of the molecule is Cc1ccc(C2=C[C@H](c3ccc(Cl)cc3)n3ncnc3N2)cc1. The molecule has 2 heterocycles. The standard InChI is InChI=1S/C18H15ClN4/c1-12-2-4-13(5-3-12)16-10-17(14-6-8-15(19)9-7-14)23-18(22-16)20-11-21-23/h2-11,17H,1H3,(H,20,21,22)/t17-/m1/s1. The van der Waals surface area contributed by atoms with E-state index in [0.29, 0.717) is 0 Å². The lowest BCUT2D eigenvalue weighted by molar-refractivity contribution is 0.612. The molecule has 0 radical (unpaired) electrons. The second kappa shape index (κ2) is 5.56. The van der Waals surface area contributed by atoms with Crippen LogP contribution in [0.3, 0.4) is 0 Å². The highest BCUT2D eigenvalue weighted by Gasteiger charge is 2.23. The van der Waals surface area contributed by atoms with Crippen molar-refractivity contribution in [2.75, 3.05) is 5.32 Å². The summed E-state index contributed by atoms with van der Waals surface area (Å²) in [4.78, 5) is 4.32. The van der Waals surface area contributed by atoms with E-state index in [1.54, 1.807) is 6.33 Å². The Kier molecular flexibility index (Phi) is 3.39. The van der Waals surface area contributed by atoms with Gasteiger partial charge in [0.15, 0.2) is 0 Å². The molecular formula is C18H15ClN4. The van der Waals surface area contributed by atoms with Gasteiger partial charge in [-0.15, -0.1) is 0 Å². The Hall–Kier alpha value is -2.59. The fourth-order valence-corrected chi connectivity index (χ4v) is 2.86. The lowest BCUT2D eigenvalue weighted by Crippen LogP contribution is -2.20. The molecule has 5 heteroatoms. The van der Waals surface area contributed by atoms with Crippen molar-refractivity contribution in [1.82, 2.24) is 14.8 Å². The van der Waals surface area contributed by atoms with E-state index in [-0.39, 0.29) is 6.04 Å². The Balaban J connectivity index is 1.79.